The van der Waals surface area contributed by atoms with Gasteiger partial charge >= 0.3 is 0 Å². The Morgan fingerprint density at radius 3 is 1.93 bits per heavy atom. The molecule has 5 heteroatoms. The molecule has 0 aromatic rings. The molecule has 5 nitrogen and oxygen atoms in total. The Hall–Kier alpha value is -1.10. The molecule has 0 rings (SSSR count). The molecule has 0 atom stereocenters. The average molecular weight is 217 g/mol. The van der Waals surface area contributed by atoms with Crippen molar-refractivity contribution in [3.05, 3.63) is 0 Å². The van der Waals surface area contributed by atoms with Gasteiger partial charge in [0.2, 0.25) is 11.8 Å². The molecule has 2 amide bonds. The van der Waals surface area contributed by atoms with Crippen LogP contribution in [0.3, 0.4) is 0 Å². The fourth-order valence-electron chi connectivity index (χ4n) is 0.791. The summed E-state index contributed by atoms with van der Waals surface area (Å²) in [6, 6.07) is 0. The molecule has 90 valence electrons. The number of carbonyl (C=O) groups is 2. The molecule has 0 aliphatic rings. The molecule has 0 bridgehead atoms. The highest BCUT2D eigenvalue weighted by Gasteiger charge is 1.98. The summed E-state index contributed by atoms with van der Waals surface area (Å²) in [5, 5.41) is 5.22. The topological polar surface area (TPSA) is 84.2 Å². The average Bonchev–Trinajstić information content (AvgIpc) is 2.27. The Morgan fingerprint density at radius 2 is 1.53 bits per heavy atom. The predicted octanol–water partition coefficient (Wildman–Crippen LogP) is 0.00380. The number of rotatable bonds is 6. The summed E-state index contributed by atoms with van der Waals surface area (Å²) in [7, 11) is 0. The van der Waals surface area contributed by atoms with Crippen molar-refractivity contribution in [3.63, 3.8) is 0 Å². The van der Waals surface area contributed by atoms with Gasteiger partial charge in [0.1, 0.15) is 0 Å². The highest BCUT2D eigenvalue weighted by atomic mass is 16.2. The second kappa shape index (κ2) is 12.9. The van der Waals surface area contributed by atoms with E-state index in [9.17, 15) is 9.59 Å². The second-order valence-electron chi connectivity index (χ2n) is 2.65. The lowest BCUT2D eigenvalue weighted by Gasteiger charge is -2.04. The summed E-state index contributed by atoms with van der Waals surface area (Å²) < 4.78 is 0. The molecule has 4 N–H and O–H groups in total. The molecule has 0 unspecified atom stereocenters. The van der Waals surface area contributed by atoms with Crippen LogP contribution in [0.15, 0.2) is 0 Å². The maximum Gasteiger partial charge on any atom is 0.233 e. The van der Waals surface area contributed by atoms with Gasteiger partial charge in [0, 0.05) is 19.5 Å². The van der Waals surface area contributed by atoms with Crippen LogP contribution in [0.2, 0.25) is 0 Å². The van der Waals surface area contributed by atoms with Gasteiger partial charge in [0.05, 0.1) is 6.54 Å². The van der Waals surface area contributed by atoms with Crippen molar-refractivity contribution in [1.82, 2.24) is 10.6 Å². The standard InChI is InChI=1S/C8H17N3O2.C2H6/c1-2-3-7(12)10-4-5-11-8(13)6-9;1-2/h2-6,9H2,1H3,(H,10,12)(H,11,13);1-2H3. The lowest BCUT2D eigenvalue weighted by atomic mass is 10.3. The molecule has 0 aromatic heterocycles. The van der Waals surface area contributed by atoms with E-state index in [0.29, 0.717) is 19.5 Å². The quantitative estimate of drug-likeness (QED) is 0.548. The van der Waals surface area contributed by atoms with Crippen LogP contribution in [0, 0.1) is 0 Å². The van der Waals surface area contributed by atoms with E-state index >= 15 is 0 Å². The minimum atomic E-state index is -0.204. The van der Waals surface area contributed by atoms with E-state index in [4.69, 9.17) is 5.73 Å². The predicted molar refractivity (Wildman–Crippen MR) is 61.3 cm³/mol. The fraction of sp³-hybridized carbons (Fsp3) is 0.800. The summed E-state index contributed by atoms with van der Waals surface area (Å²) in [4.78, 5) is 21.5. The van der Waals surface area contributed by atoms with Crippen molar-refractivity contribution in [3.8, 4) is 0 Å². The van der Waals surface area contributed by atoms with Crippen LogP contribution >= 0.6 is 0 Å². The number of carbonyl (C=O) groups excluding carboxylic acids is 2. The van der Waals surface area contributed by atoms with Crippen molar-refractivity contribution in [2.24, 2.45) is 5.73 Å². The molecular weight excluding hydrogens is 194 g/mol. The molecule has 0 aromatic carbocycles. The van der Waals surface area contributed by atoms with E-state index in [1.54, 1.807) is 0 Å². The molecule has 0 aliphatic heterocycles. The Bertz CT molecular complexity index is 172. The van der Waals surface area contributed by atoms with Crippen LogP contribution in [0.5, 0.6) is 0 Å². The van der Waals surface area contributed by atoms with Gasteiger partial charge in [-0.05, 0) is 6.42 Å². The lowest BCUT2D eigenvalue weighted by Crippen LogP contribution is -2.37. The minimum absolute atomic E-state index is 0.0110. The van der Waals surface area contributed by atoms with Gasteiger partial charge in [-0.1, -0.05) is 20.8 Å². The van der Waals surface area contributed by atoms with Gasteiger partial charge in [-0.2, -0.15) is 0 Å². The van der Waals surface area contributed by atoms with Crippen molar-refractivity contribution < 1.29 is 9.59 Å². The summed E-state index contributed by atoms with van der Waals surface area (Å²) in [6.45, 7) is 6.83. The third-order valence-electron chi connectivity index (χ3n) is 1.43. The van der Waals surface area contributed by atoms with Gasteiger partial charge in [-0.25, -0.2) is 0 Å². The smallest absolute Gasteiger partial charge is 0.233 e. The van der Waals surface area contributed by atoms with E-state index in [0.717, 1.165) is 6.42 Å². The second-order valence-corrected chi connectivity index (χ2v) is 2.65. The number of nitrogens with one attached hydrogen (secondary N) is 2. The first-order valence-corrected chi connectivity index (χ1v) is 5.44. The third kappa shape index (κ3) is 12.9. The first-order valence-electron chi connectivity index (χ1n) is 5.44. The first-order chi connectivity index (χ1) is 7.20. The van der Waals surface area contributed by atoms with Gasteiger partial charge in [0.25, 0.3) is 0 Å². The molecule has 0 saturated carbocycles. The number of amides is 2. The van der Waals surface area contributed by atoms with Crippen LogP contribution in [0.25, 0.3) is 0 Å². The lowest BCUT2D eigenvalue weighted by molar-refractivity contribution is -0.122. The fourth-order valence-corrected chi connectivity index (χ4v) is 0.791. The Morgan fingerprint density at radius 1 is 1.07 bits per heavy atom. The van der Waals surface area contributed by atoms with Crippen LogP contribution in [-0.2, 0) is 9.59 Å². The van der Waals surface area contributed by atoms with E-state index in [1.807, 2.05) is 20.8 Å². The van der Waals surface area contributed by atoms with E-state index in [1.165, 1.54) is 0 Å². The highest BCUT2D eigenvalue weighted by molar-refractivity contribution is 5.78. The van der Waals surface area contributed by atoms with Crippen molar-refractivity contribution in [1.29, 1.82) is 0 Å². The monoisotopic (exact) mass is 217 g/mol. The normalized spacial score (nSPS) is 8.53. The van der Waals surface area contributed by atoms with Crippen molar-refractivity contribution in [2.45, 2.75) is 33.6 Å². The third-order valence-corrected chi connectivity index (χ3v) is 1.43. The number of nitrogens with two attached hydrogens (primary N) is 1. The maximum absolute atomic E-state index is 10.9. The zero-order valence-corrected chi connectivity index (χ0v) is 9.93. The summed E-state index contributed by atoms with van der Waals surface area (Å²) in [5.41, 5.74) is 5.06. The number of hydrogen-bond donors (Lipinski definition) is 3. The molecule has 0 saturated heterocycles. The molecule has 0 aliphatic carbocycles. The van der Waals surface area contributed by atoms with Gasteiger partial charge in [0.15, 0.2) is 0 Å². The van der Waals surface area contributed by atoms with Crippen LogP contribution in [0.1, 0.15) is 33.6 Å². The highest BCUT2D eigenvalue weighted by Crippen LogP contribution is 1.83. The van der Waals surface area contributed by atoms with Gasteiger partial charge < -0.3 is 16.4 Å². The van der Waals surface area contributed by atoms with Crippen LogP contribution in [-0.4, -0.2) is 31.4 Å². The van der Waals surface area contributed by atoms with E-state index in [-0.39, 0.29) is 18.4 Å². The van der Waals surface area contributed by atoms with E-state index in [2.05, 4.69) is 10.6 Å². The minimum Gasteiger partial charge on any atom is -0.354 e. The SMILES string of the molecule is CC.CCCC(=O)NCCNC(=O)CN. The van der Waals surface area contributed by atoms with Gasteiger partial charge in [-0.3, -0.25) is 9.59 Å². The summed E-state index contributed by atoms with van der Waals surface area (Å²) in [5.74, 6) is -0.186. The zero-order chi connectivity index (χ0) is 12.1. The summed E-state index contributed by atoms with van der Waals surface area (Å²) in [6.07, 6.45) is 1.37. The Kier molecular flexibility index (Phi) is 14.0. The molecule has 0 spiro atoms. The van der Waals surface area contributed by atoms with E-state index < -0.39 is 0 Å². The Balaban J connectivity index is 0. The first kappa shape index (κ1) is 16.3. The van der Waals surface area contributed by atoms with Gasteiger partial charge in [-0.15, -0.1) is 0 Å². The molecule has 0 radical (unpaired) electrons. The molecular formula is C10H23N3O2. The molecule has 0 fully saturated rings. The number of hydrogen-bond acceptors (Lipinski definition) is 3. The molecule has 15 heavy (non-hydrogen) atoms. The maximum atomic E-state index is 10.9. The summed E-state index contributed by atoms with van der Waals surface area (Å²) >= 11 is 0. The molecule has 0 heterocycles. The largest absolute Gasteiger partial charge is 0.354 e. The Labute approximate surface area is 91.8 Å². The van der Waals surface area contributed by atoms with Crippen molar-refractivity contribution in [2.75, 3.05) is 19.6 Å². The van der Waals surface area contributed by atoms with Crippen molar-refractivity contribution >= 4 is 11.8 Å². The van der Waals surface area contributed by atoms with Crippen LogP contribution < -0.4 is 16.4 Å². The zero-order valence-electron chi connectivity index (χ0n) is 9.93. The van der Waals surface area contributed by atoms with Crippen LogP contribution in [0.4, 0.5) is 0 Å².